The largest absolute Gasteiger partial charge is 0.513 e. The number of aryl methyl sites for hydroxylation is 1. The van der Waals surface area contributed by atoms with Crippen LogP contribution in [-0.2, 0) is 61.8 Å². The molecule has 0 N–H and O–H groups in total. The fourth-order valence-corrected chi connectivity index (χ4v) is 10.1. The molecule has 0 aromatic heterocycles. The summed E-state index contributed by atoms with van der Waals surface area (Å²) in [5, 5.41) is 0. The molecule has 0 spiro atoms. The van der Waals surface area contributed by atoms with Gasteiger partial charge in [-0.15, -0.1) is 0 Å². The first-order chi connectivity index (χ1) is 53.9. The van der Waals surface area contributed by atoms with E-state index in [1.165, 1.54) is 48.5 Å². The van der Waals surface area contributed by atoms with Gasteiger partial charge in [0.25, 0.3) is 0 Å². The number of ether oxygens (including phenoxy) is 17. The molecule has 0 radical (unpaired) electrons. The third kappa shape index (κ3) is 28.7. The highest BCUT2D eigenvalue weighted by atomic mass is 16.7. The molecule has 0 saturated carbocycles. The second-order valence-electron chi connectivity index (χ2n) is 24.1. The van der Waals surface area contributed by atoms with Gasteiger partial charge >= 0.3 is 59.9 Å². The minimum absolute atomic E-state index is 0.0621. The van der Waals surface area contributed by atoms with Gasteiger partial charge in [-0.2, -0.15) is 0 Å². The van der Waals surface area contributed by atoms with Gasteiger partial charge in [-0.1, -0.05) is 38.4 Å². The van der Waals surface area contributed by atoms with Crippen molar-refractivity contribution in [1.29, 1.82) is 0 Å². The van der Waals surface area contributed by atoms with Gasteiger partial charge in [0.05, 0.1) is 93.9 Å². The number of hydrogen-bond acceptors (Lipinski definition) is 27. The molecule has 2 saturated heterocycles. The van der Waals surface area contributed by atoms with E-state index < -0.39 is 84.5 Å². The molecular weight excluding hydrogens is 1440 g/mol. The van der Waals surface area contributed by atoms with Crippen molar-refractivity contribution in [3.05, 3.63) is 253 Å². The Bertz CT molecular complexity index is 4280. The molecule has 2 heterocycles. The van der Waals surface area contributed by atoms with Gasteiger partial charge in [0, 0.05) is 36.3 Å². The summed E-state index contributed by atoms with van der Waals surface area (Å²) in [6.45, 7) is 18.0. The van der Waals surface area contributed by atoms with Crippen LogP contribution in [0.2, 0.25) is 0 Å². The number of rotatable bonds is 39. The molecule has 2 aliphatic heterocycles. The van der Waals surface area contributed by atoms with E-state index in [0.29, 0.717) is 160 Å². The Hall–Kier alpha value is -12.7. The van der Waals surface area contributed by atoms with Crippen LogP contribution in [0.4, 0.5) is 4.79 Å². The van der Waals surface area contributed by atoms with Crippen LogP contribution in [-0.4, -0.2) is 144 Å². The third-order valence-corrected chi connectivity index (χ3v) is 16.0. The first kappa shape index (κ1) is 83.9. The fraction of sp³-hybridized carbons (Fsp3) is 0.286. The van der Waals surface area contributed by atoms with E-state index in [1.807, 2.05) is 0 Å². The molecule has 582 valence electrons. The molecule has 0 bridgehead atoms. The van der Waals surface area contributed by atoms with E-state index in [9.17, 15) is 47.9 Å². The van der Waals surface area contributed by atoms with Gasteiger partial charge in [0.2, 0.25) is 0 Å². The molecule has 2 aliphatic rings. The van der Waals surface area contributed by atoms with Crippen molar-refractivity contribution in [1.82, 2.24) is 0 Å². The monoisotopic (exact) mass is 1520 g/mol. The summed E-state index contributed by atoms with van der Waals surface area (Å²) >= 11 is 0. The summed E-state index contributed by atoms with van der Waals surface area (Å²) in [5.41, 5.74) is 2.67. The standard InChI is InChI=1S/C49H48O17.C35H36O10/c1-3-42(50)58-27-6-5-26-56-36-17-9-32(10-18-36)45(52)63-38-23-15-35(16-24-38)48-61-31-41-44(66-48)40(25-30-57-41)65-47(54)34-11-19-37(20-12-34)62-46(53)33-13-21-39(22-14-33)64-49(55)60-29-8-7-28-59-43(51)4-2;1-4-32(36)42-22-8-6-20-40-28-14-10-26(11-15-28)34(38)44-30-18-19-31(25(3)24-30)45-35(39)27-12-16-29(17-13-27)41-21-7-9-23-43-33(37)5-2/h3-4,9-24,40-41,44,48H,1-2,5-8,25-31H2;4-5,10-19,24H,1-2,6-9,20-23H2,3H3. The Balaban J connectivity index is 0.000000300. The van der Waals surface area contributed by atoms with Crippen LogP contribution in [0.3, 0.4) is 0 Å². The van der Waals surface area contributed by atoms with Gasteiger partial charge in [-0.05, 0) is 216 Å². The van der Waals surface area contributed by atoms with Gasteiger partial charge in [0.15, 0.2) is 6.29 Å². The van der Waals surface area contributed by atoms with E-state index in [-0.39, 0.29) is 49.1 Å². The Kier molecular flexibility index (Phi) is 34.2. The molecule has 0 aliphatic carbocycles. The first-order valence-electron chi connectivity index (χ1n) is 35.5. The predicted octanol–water partition coefficient (Wildman–Crippen LogP) is 13.7. The number of esters is 9. The topological polar surface area (TPSA) is 328 Å². The minimum Gasteiger partial charge on any atom is -0.494 e. The predicted molar refractivity (Wildman–Crippen MR) is 397 cm³/mol. The number of unbranched alkanes of at least 4 members (excludes halogenated alkanes) is 4. The van der Waals surface area contributed by atoms with Crippen molar-refractivity contribution in [2.75, 3.05) is 66.1 Å². The first-order valence-corrected chi connectivity index (χ1v) is 35.5. The van der Waals surface area contributed by atoms with Crippen molar-refractivity contribution < 1.29 is 128 Å². The lowest BCUT2D eigenvalue weighted by atomic mass is 10.0. The van der Waals surface area contributed by atoms with Crippen LogP contribution in [0.25, 0.3) is 0 Å². The molecule has 2 fully saturated rings. The van der Waals surface area contributed by atoms with Crippen LogP contribution < -0.4 is 37.9 Å². The van der Waals surface area contributed by atoms with Gasteiger partial charge in [-0.3, -0.25) is 0 Å². The lowest BCUT2D eigenvalue weighted by molar-refractivity contribution is -0.298. The average molecular weight is 1530 g/mol. The molecule has 4 unspecified atom stereocenters. The van der Waals surface area contributed by atoms with Crippen LogP contribution in [0.1, 0.15) is 127 Å². The smallest absolute Gasteiger partial charge is 0.494 e. The summed E-state index contributed by atoms with van der Waals surface area (Å²) < 4.78 is 92.8. The van der Waals surface area contributed by atoms with E-state index >= 15 is 0 Å². The van der Waals surface area contributed by atoms with Gasteiger partial charge < -0.3 is 80.5 Å². The quantitative estimate of drug-likeness (QED) is 0.00862. The van der Waals surface area contributed by atoms with E-state index in [2.05, 4.69) is 26.3 Å². The zero-order chi connectivity index (χ0) is 79.1. The van der Waals surface area contributed by atoms with E-state index in [0.717, 1.165) is 24.3 Å². The Morgan fingerprint density at radius 3 is 1.10 bits per heavy atom. The zero-order valence-electron chi connectivity index (χ0n) is 61.0. The van der Waals surface area contributed by atoms with E-state index in [4.69, 9.17) is 80.5 Å². The average Bonchev–Trinajstić information content (AvgIpc) is 0.796. The van der Waals surface area contributed by atoms with Crippen LogP contribution >= 0.6 is 0 Å². The summed E-state index contributed by atoms with van der Waals surface area (Å²) in [4.78, 5) is 120. The maximum Gasteiger partial charge on any atom is 0.513 e. The highest BCUT2D eigenvalue weighted by Crippen LogP contribution is 2.35. The van der Waals surface area contributed by atoms with Crippen molar-refractivity contribution >= 4 is 59.9 Å². The summed E-state index contributed by atoms with van der Waals surface area (Å²) in [6.07, 6.45) is 6.26. The molecular formula is C84H84O27. The molecule has 7 aromatic carbocycles. The number of carbonyl (C=O) groups excluding carboxylic acids is 10. The highest BCUT2D eigenvalue weighted by molar-refractivity contribution is 5.94. The molecule has 111 heavy (non-hydrogen) atoms. The van der Waals surface area contributed by atoms with Gasteiger partial charge in [0.1, 0.15) is 64.3 Å². The second kappa shape index (κ2) is 45.2. The molecule has 9 rings (SSSR count). The van der Waals surface area contributed by atoms with Crippen LogP contribution in [0.5, 0.6) is 46.0 Å². The number of hydrogen-bond donors (Lipinski definition) is 0. The highest BCUT2D eigenvalue weighted by Gasteiger charge is 2.43. The molecule has 27 heteroatoms. The Labute approximate surface area is 640 Å². The maximum absolute atomic E-state index is 13.3. The molecule has 7 aromatic rings. The maximum atomic E-state index is 13.3. The molecule has 27 nitrogen and oxygen atoms in total. The van der Waals surface area contributed by atoms with Crippen molar-refractivity contribution in [2.45, 2.75) is 89.3 Å². The summed E-state index contributed by atoms with van der Waals surface area (Å²) in [7, 11) is 0. The van der Waals surface area contributed by atoms with Crippen molar-refractivity contribution in [3.8, 4) is 46.0 Å². The van der Waals surface area contributed by atoms with Gasteiger partial charge in [-0.25, -0.2) is 47.9 Å². The lowest BCUT2D eigenvalue weighted by Crippen LogP contribution is -2.53. The lowest BCUT2D eigenvalue weighted by Gasteiger charge is -2.42. The normalized spacial score (nSPS) is 14.5. The number of benzene rings is 7. The SMILES string of the molecule is C=CC(=O)OCCCCOC(=O)Oc1ccc(C(=O)Oc2ccc(C(=O)OC3CCOC4COC(c5ccc(OC(=O)c6ccc(OCCCCOC(=O)C=C)cc6)cc5)OC43)cc2)cc1.C=CC(=O)OCCCCOc1ccc(C(=O)Oc2ccc(OC(=O)c3ccc(OCCCCOC(=O)C=C)cc3)c(C)c2)cc1. The van der Waals surface area contributed by atoms with Crippen molar-refractivity contribution in [2.24, 2.45) is 0 Å². The minimum atomic E-state index is -0.929. The summed E-state index contributed by atoms with van der Waals surface area (Å²) in [5.74, 6) is -1.79. The molecule has 0 amide bonds. The second-order valence-corrected chi connectivity index (χ2v) is 24.1. The zero-order valence-corrected chi connectivity index (χ0v) is 61.0. The van der Waals surface area contributed by atoms with Crippen LogP contribution in [0.15, 0.2) is 214 Å². The third-order valence-electron chi connectivity index (χ3n) is 16.0. The Morgan fingerprint density at radius 2 is 0.703 bits per heavy atom. The number of carbonyl (C=O) groups is 10. The van der Waals surface area contributed by atoms with E-state index in [1.54, 1.807) is 122 Å². The number of fused-ring (bicyclic) bond motifs is 1. The fourth-order valence-electron chi connectivity index (χ4n) is 10.1. The summed E-state index contributed by atoms with van der Waals surface area (Å²) in [6, 6.07) is 42.6. The van der Waals surface area contributed by atoms with Crippen LogP contribution in [0, 0.1) is 6.92 Å². The molecule has 4 atom stereocenters. The van der Waals surface area contributed by atoms with Crippen molar-refractivity contribution in [3.63, 3.8) is 0 Å². The Morgan fingerprint density at radius 1 is 0.369 bits per heavy atom.